The molecule has 2 saturated heterocycles. The topological polar surface area (TPSA) is 139 Å². The standard InChI is InChI=1S/C46H57N5O8SSi.BrH/c1-10-50(59-61(8,9)46(5,6)7)36(52)29-48-24-21-31(22-25-48)28-49-26-23-34(40(49)53)27-35-30-60-42-37(47-44(56)58-45(2,3)4)41(54)51(42)38(35)43(55)57-39(32-17-13-11-14-18-32)33-19-15-12-16-20-33;/h11-22,24-25,27,37,39,42H,10,23,26,28-30H2,1-9H3;1H. The number of carbonyl (C=O) groups is 5. The van der Waals surface area contributed by atoms with Crippen LogP contribution in [0.3, 0.4) is 0 Å². The van der Waals surface area contributed by atoms with Crippen molar-refractivity contribution < 1.29 is 59.5 Å². The molecule has 62 heavy (non-hydrogen) atoms. The SMILES string of the molecule is CCN(O[Si](C)(C)C(C)(C)C)C(=O)C[n+]1ccc(CN2CCC(=CC3=C(C(=O)OC(c4ccccc4)c4ccccc4)N4C(=O)C(NC(=O)OC(C)(C)C)C4SC3)C2=O)cc1.[Br-]. The predicted octanol–water partition coefficient (Wildman–Crippen LogP) is 3.82. The van der Waals surface area contributed by atoms with E-state index in [0.29, 0.717) is 37.2 Å². The number of fused-ring (bicyclic) bond motifs is 1. The van der Waals surface area contributed by atoms with Crippen molar-refractivity contribution in [3.8, 4) is 0 Å². The highest BCUT2D eigenvalue weighted by Crippen LogP contribution is 2.43. The second kappa shape index (κ2) is 19.7. The van der Waals surface area contributed by atoms with E-state index in [1.807, 2.05) is 92.1 Å². The molecule has 1 N–H and O–H groups in total. The van der Waals surface area contributed by atoms with Gasteiger partial charge in [-0.25, -0.2) is 14.7 Å². The van der Waals surface area contributed by atoms with Gasteiger partial charge in [0.2, 0.25) is 20.8 Å². The Hall–Kier alpha value is -4.77. The maximum absolute atomic E-state index is 14.5. The number of hydrogen-bond donors (Lipinski definition) is 1. The number of halogens is 1. The molecule has 3 aromatic rings. The van der Waals surface area contributed by atoms with Gasteiger partial charge in [0, 0.05) is 43.1 Å². The summed E-state index contributed by atoms with van der Waals surface area (Å²) in [4.78, 5) is 71.3. The fourth-order valence-corrected chi connectivity index (χ4v) is 9.31. The summed E-state index contributed by atoms with van der Waals surface area (Å²) in [5.41, 5.74) is 2.68. The van der Waals surface area contributed by atoms with Crippen LogP contribution in [0.25, 0.3) is 0 Å². The molecule has 0 saturated carbocycles. The number of aromatic nitrogens is 1. The van der Waals surface area contributed by atoms with Crippen molar-refractivity contribution in [2.45, 2.75) is 109 Å². The Bertz CT molecular complexity index is 2150. The molecule has 332 valence electrons. The van der Waals surface area contributed by atoms with Crippen LogP contribution in [0, 0.1) is 0 Å². The number of likely N-dealkylation sites (tertiary alicyclic amines) is 1. The van der Waals surface area contributed by atoms with Crippen LogP contribution >= 0.6 is 11.8 Å². The van der Waals surface area contributed by atoms with E-state index in [2.05, 4.69) is 39.2 Å². The number of pyridine rings is 1. The first kappa shape index (κ1) is 48.3. The summed E-state index contributed by atoms with van der Waals surface area (Å²) in [6, 6.07) is 21.6. The second-order valence-electron chi connectivity index (χ2n) is 18.0. The zero-order chi connectivity index (χ0) is 44.3. The summed E-state index contributed by atoms with van der Waals surface area (Å²) in [5.74, 6) is -1.21. The van der Waals surface area contributed by atoms with Gasteiger partial charge in [-0.05, 0) is 80.6 Å². The van der Waals surface area contributed by atoms with Crippen molar-refractivity contribution in [3.05, 3.63) is 125 Å². The number of nitrogens with one attached hydrogen (secondary N) is 1. The van der Waals surface area contributed by atoms with E-state index < -0.39 is 49.4 Å². The smallest absolute Gasteiger partial charge is 0.408 e. The van der Waals surface area contributed by atoms with Crippen molar-refractivity contribution in [1.82, 2.24) is 20.2 Å². The first-order valence-corrected chi connectivity index (χ1v) is 24.7. The van der Waals surface area contributed by atoms with Gasteiger partial charge in [-0.1, -0.05) is 81.4 Å². The van der Waals surface area contributed by atoms with E-state index in [1.54, 1.807) is 36.3 Å². The zero-order valence-corrected chi connectivity index (χ0v) is 40.4. The molecule has 13 nitrogen and oxygen atoms in total. The largest absolute Gasteiger partial charge is 1.00 e. The molecule has 2 atom stereocenters. The van der Waals surface area contributed by atoms with Crippen LogP contribution in [0.15, 0.2) is 108 Å². The van der Waals surface area contributed by atoms with E-state index in [9.17, 15) is 24.0 Å². The molecule has 0 aliphatic carbocycles. The monoisotopic (exact) mass is 947 g/mol. The van der Waals surface area contributed by atoms with E-state index in [4.69, 9.17) is 14.0 Å². The van der Waals surface area contributed by atoms with Crippen LogP contribution in [-0.2, 0) is 46.3 Å². The van der Waals surface area contributed by atoms with Crippen molar-refractivity contribution in [2.75, 3.05) is 18.8 Å². The number of hydroxylamine groups is 2. The van der Waals surface area contributed by atoms with Gasteiger partial charge < -0.3 is 41.2 Å². The third-order valence-electron chi connectivity index (χ3n) is 11.2. The van der Waals surface area contributed by atoms with Gasteiger partial charge in [0.15, 0.2) is 18.5 Å². The number of β-lactam (4-membered cyclic amide) rings is 1. The highest BCUT2D eigenvalue weighted by Gasteiger charge is 2.55. The predicted molar refractivity (Wildman–Crippen MR) is 235 cm³/mol. The van der Waals surface area contributed by atoms with Crippen LogP contribution in [0.5, 0.6) is 0 Å². The highest BCUT2D eigenvalue weighted by molar-refractivity contribution is 8.00. The number of carbonyl (C=O) groups excluding carboxylic acids is 5. The minimum atomic E-state index is -2.20. The van der Waals surface area contributed by atoms with Gasteiger partial charge in [0.05, 0.1) is 0 Å². The van der Waals surface area contributed by atoms with E-state index in [0.717, 1.165) is 16.7 Å². The lowest BCUT2D eigenvalue weighted by molar-refractivity contribution is -0.685. The molecule has 0 radical (unpaired) electrons. The third kappa shape index (κ3) is 11.2. The lowest BCUT2D eigenvalue weighted by Gasteiger charge is -2.49. The number of likely N-dealkylation sites (N-methyl/N-ethyl adjacent to an activating group) is 1. The Morgan fingerprint density at radius 1 is 0.952 bits per heavy atom. The molecule has 16 heteroatoms. The number of hydrogen-bond acceptors (Lipinski definition) is 9. The van der Waals surface area contributed by atoms with Crippen LogP contribution < -0.4 is 26.9 Å². The molecular weight excluding hydrogens is 891 g/mol. The number of rotatable bonds is 13. The molecular formula is C46H58BrN5O8SSi. The summed E-state index contributed by atoms with van der Waals surface area (Å²) < 4.78 is 19.8. The van der Waals surface area contributed by atoms with Crippen molar-refractivity contribution in [1.29, 1.82) is 0 Å². The van der Waals surface area contributed by atoms with E-state index in [1.165, 1.54) is 21.7 Å². The number of alkyl carbamates (subject to hydrolysis) is 1. The molecule has 0 bridgehead atoms. The lowest BCUT2D eigenvalue weighted by Crippen LogP contribution is -3.00. The Labute approximate surface area is 380 Å². The number of nitrogens with zero attached hydrogens (tertiary/aromatic N) is 4. The quantitative estimate of drug-likeness (QED) is 0.0678. The zero-order valence-electron chi connectivity index (χ0n) is 37.0. The minimum absolute atomic E-state index is 0. The van der Waals surface area contributed by atoms with Crippen LogP contribution in [0.4, 0.5) is 4.79 Å². The summed E-state index contributed by atoms with van der Waals surface area (Å²) in [6.07, 6.45) is 4.32. The van der Waals surface area contributed by atoms with Gasteiger partial charge in [-0.2, -0.15) is 4.57 Å². The summed E-state index contributed by atoms with van der Waals surface area (Å²) in [5, 5.41) is 3.53. The molecule has 0 spiro atoms. The Morgan fingerprint density at radius 3 is 2.10 bits per heavy atom. The van der Waals surface area contributed by atoms with Gasteiger partial charge in [-0.3, -0.25) is 19.3 Å². The summed E-state index contributed by atoms with van der Waals surface area (Å²) in [6.45, 7) is 19.1. The molecule has 2 aromatic carbocycles. The van der Waals surface area contributed by atoms with Gasteiger partial charge in [-0.15, -0.1) is 11.8 Å². The number of benzene rings is 2. The molecule has 2 unspecified atom stereocenters. The molecule has 4 amide bonds. The van der Waals surface area contributed by atoms with Crippen molar-refractivity contribution >= 4 is 49.9 Å². The average molecular weight is 949 g/mol. The molecule has 2 fully saturated rings. The van der Waals surface area contributed by atoms with Crippen molar-refractivity contribution in [2.24, 2.45) is 0 Å². The molecule has 3 aliphatic rings. The Morgan fingerprint density at radius 2 is 1.55 bits per heavy atom. The van der Waals surface area contributed by atoms with Crippen LogP contribution in [0.2, 0.25) is 18.1 Å². The number of amides is 4. The highest BCUT2D eigenvalue weighted by atomic mass is 79.9. The van der Waals surface area contributed by atoms with Crippen LogP contribution in [0.1, 0.15) is 77.7 Å². The Kier molecular flexibility index (Phi) is 15.4. The van der Waals surface area contributed by atoms with Crippen molar-refractivity contribution in [3.63, 3.8) is 0 Å². The fraction of sp³-hybridized carbons (Fsp3) is 0.435. The van der Waals surface area contributed by atoms with E-state index in [-0.39, 0.29) is 51.8 Å². The fourth-order valence-electron chi connectivity index (χ4n) is 6.95. The van der Waals surface area contributed by atoms with Gasteiger partial charge in [0.1, 0.15) is 22.7 Å². The average Bonchev–Trinajstić information content (AvgIpc) is 3.55. The normalized spacial score (nSPS) is 18.6. The van der Waals surface area contributed by atoms with Crippen LogP contribution in [-0.4, -0.2) is 88.8 Å². The minimum Gasteiger partial charge on any atom is -1.00 e. The molecule has 3 aliphatic heterocycles. The van der Waals surface area contributed by atoms with Gasteiger partial charge >= 0.3 is 18.0 Å². The molecule has 4 heterocycles. The van der Waals surface area contributed by atoms with E-state index >= 15 is 0 Å². The molecule has 6 rings (SSSR count). The number of allylic oxidation sites excluding steroid dienone is 1. The van der Waals surface area contributed by atoms with Gasteiger partial charge in [0.25, 0.3) is 5.91 Å². The first-order valence-electron chi connectivity index (χ1n) is 20.7. The number of ether oxygens (including phenoxy) is 2. The Balaban J connectivity index is 0.00000726. The summed E-state index contributed by atoms with van der Waals surface area (Å²) in [7, 11) is -2.20. The second-order valence-corrected chi connectivity index (χ2v) is 23.8. The maximum atomic E-state index is 14.5. The maximum Gasteiger partial charge on any atom is 0.408 e. The first-order chi connectivity index (χ1) is 28.8. The third-order valence-corrected chi connectivity index (χ3v) is 16.8. The number of esters is 1. The summed E-state index contributed by atoms with van der Waals surface area (Å²) >= 11 is 1.39. The lowest BCUT2D eigenvalue weighted by atomic mass is 10.00. The molecule has 1 aromatic heterocycles. The number of thioether (sulfide) groups is 1.